The predicted octanol–water partition coefficient (Wildman–Crippen LogP) is 4.67. The first-order chi connectivity index (χ1) is 9.70. The smallest absolute Gasteiger partial charge is 0.143 e. The minimum atomic E-state index is 0.449. The number of rotatable bonds is 6. The fourth-order valence-corrected chi connectivity index (χ4v) is 2.11. The van der Waals surface area contributed by atoms with Crippen LogP contribution < -0.4 is 10.1 Å². The molecule has 0 aliphatic carbocycles. The van der Waals surface area contributed by atoms with Crippen LogP contribution in [0.3, 0.4) is 0 Å². The summed E-state index contributed by atoms with van der Waals surface area (Å²) in [5.74, 6) is 0.848. The van der Waals surface area contributed by atoms with Gasteiger partial charge in [0.1, 0.15) is 17.5 Å². The summed E-state index contributed by atoms with van der Waals surface area (Å²) in [7, 11) is 0. The highest BCUT2D eigenvalue weighted by molar-refractivity contribution is 9.10. The Bertz CT molecular complexity index is 604. The minimum Gasteiger partial charge on any atom is -0.489 e. The minimum absolute atomic E-state index is 0.449. The lowest BCUT2D eigenvalue weighted by atomic mass is 10.2. The summed E-state index contributed by atoms with van der Waals surface area (Å²) >= 11 is 9.22. The summed E-state index contributed by atoms with van der Waals surface area (Å²) in [4.78, 5) is 4.07. The first-order valence-electron chi connectivity index (χ1n) is 6.07. The van der Waals surface area contributed by atoms with Crippen LogP contribution in [0.4, 0.5) is 5.69 Å². The summed E-state index contributed by atoms with van der Waals surface area (Å²) in [6.07, 6.45) is 3.42. The van der Waals surface area contributed by atoms with Gasteiger partial charge in [0.25, 0.3) is 0 Å². The zero-order valence-corrected chi connectivity index (χ0v) is 13.1. The molecule has 0 spiro atoms. The molecular weight excluding hydrogens is 340 g/mol. The van der Waals surface area contributed by atoms with E-state index in [1.807, 2.05) is 30.3 Å². The van der Waals surface area contributed by atoms with Crippen molar-refractivity contribution < 1.29 is 4.74 Å². The molecule has 1 N–H and O–H groups in total. The number of benzene rings is 1. The number of ether oxygens (including phenoxy) is 1. The van der Waals surface area contributed by atoms with Crippen LogP contribution in [0.15, 0.2) is 53.7 Å². The van der Waals surface area contributed by atoms with E-state index in [0.717, 1.165) is 21.5 Å². The largest absolute Gasteiger partial charge is 0.489 e. The molecule has 0 aliphatic rings. The first kappa shape index (κ1) is 14.9. The van der Waals surface area contributed by atoms with E-state index in [4.69, 9.17) is 16.3 Å². The third-order valence-electron chi connectivity index (χ3n) is 2.61. The Morgan fingerprint density at radius 1 is 1.40 bits per heavy atom. The van der Waals surface area contributed by atoms with E-state index in [1.54, 1.807) is 12.3 Å². The van der Waals surface area contributed by atoms with E-state index in [9.17, 15) is 0 Å². The molecule has 0 unspecified atom stereocenters. The normalized spacial score (nSPS) is 10.1. The van der Waals surface area contributed by atoms with E-state index < -0.39 is 0 Å². The lowest BCUT2D eigenvalue weighted by Crippen LogP contribution is -2.03. The van der Waals surface area contributed by atoms with Gasteiger partial charge in [-0.15, -0.1) is 0 Å². The molecule has 1 aromatic carbocycles. The van der Waals surface area contributed by atoms with Gasteiger partial charge < -0.3 is 10.1 Å². The second kappa shape index (κ2) is 7.31. The van der Waals surface area contributed by atoms with E-state index in [-0.39, 0.29) is 0 Å². The monoisotopic (exact) mass is 352 g/mol. The Morgan fingerprint density at radius 2 is 2.20 bits per heavy atom. The van der Waals surface area contributed by atoms with Crippen LogP contribution in [-0.4, -0.2) is 11.6 Å². The Hall–Kier alpha value is -1.52. The fourth-order valence-electron chi connectivity index (χ4n) is 1.65. The molecule has 0 fully saturated rings. The second-order valence-corrected chi connectivity index (χ2v) is 5.27. The van der Waals surface area contributed by atoms with E-state index in [2.05, 4.69) is 32.8 Å². The number of anilines is 1. The lowest BCUT2D eigenvalue weighted by molar-refractivity contribution is 0.359. The highest BCUT2D eigenvalue weighted by atomic mass is 79.9. The maximum atomic E-state index is 5.87. The molecular formula is C15H14BrClN2O. The van der Waals surface area contributed by atoms with Crippen LogP contribution in [0.1, 0.15) is 5.56 Å². The standard InChI is InChI=1S/C15H14BrClN2O/c1-2-7-20-14-6-4-3-5-11(14)9-18-12-8-13(16)15(17)19-10-12/h2-6,8,10,18H,1,7,9H2. The van der Waals surface area contributed by atoms with E-state index in [1.165, 1.54) is 0 Å². The molecule has 104 valence electrons. The molecule has 0 saturated heterocycles. The van der Waals surface area contributed by atoms with Crippen molar-refractivity contribution in [3.63, 3.8) is 0 Å². The molecule has 0 saturated carbocycles. The summed E-state index contributed by atoms with van der Waals surface area (Å²) in [6.45, 7) is 4.78. The summed E-state index contributed by atoms with van der Waals surface area (Å²) in [5.41, 5.74) is 1.96. The average molecular weight is 354 g/mol. The van der Waals surface area contributed by atoms with Gasteiger partial charge in [-0.2, -0.15) is 0 Å². The van der Waals surface area contributed by atoms with Crippen molar-refractivity contribution in [3.05, 3.63) is 64.4 Å². The van der Waals surface area contributed by atoms with Crippen LogP contribution in [0.25, 0.3) is 0 Å². The van der Waals surface area contributed by atoms with Gasteiger partial charge in [-0.1, -0.05) is 42.5 Å². The Balaban J connectivity index is 2.06. The van der Waals surface area contributed by atoms with Crippen molar-refractivity contribution in [2.45, 2.75) is 6.54 Å². The van der Waals surface area contributed by atoms with Crippen molar-refractivity contribution in [1.82, 2.24) is 4.98 Å². The lowest BCUT2D eigenvalue weighted by Gasteiger charge is -2.12. The summed E-state index contributed by atoms with van der Waals surface area (Å²) in [5, 5.41) is 3.74. The molecule has 0 amide bonds. The quantitative estimate of drug-likeness (QED) is 0.605. The third-order valence-corrected chi connectivity index (χ3v) is 3.74. The highest BCUT2D eigenvalue weighted by Gasteiger charge is 2.04. The molecule has 2 rings (SSSR count). The Kier molecular flexibility index (Phi) is 5.44. The van der Waals surface area contributed by atoms with Crippen LogP contribution >= 0.6 is 27.5 Å². The highest BCUT2D eigenvalue weighted by Crippen LogP contribution is 2.24. The summed E-state index contributed by atoms with van der Waals surface area (Å²) in [6, 6.07) is 9.78. The molecule has 0 atom stereocenters. The number of nitrogens with zero attached hydrogens (tertiary/aromatic N) is 1. The summed E-state index contributed by atoms with van der Waals surface area (Å²) < 4.78 is 6.38. The zero-order valence-electron chi connectivity index (χ0n) is 10.8. The molecule has 0 radical (unpaired) electrons. The van der Waals surface area contributed by atoms with E-state index in [0.29, 0.717) is 18.3 Å². The number of hydrogen-bond acceptors (Lipinski definition) is 3. The topological polar surface area (TPSA) is 34.1 Å². The maximum absolute atomic E-state index is 5.87. The van der Waals surface area contributed by atoms with Crippen molar-refractivity contribution in [3.8, 4) is 5.75 Å². The fraction of sp³-hybridized carbons (Fsp3) is 0.133. The average Bonchev–Trinajstić information content (AvgIpc) is 2.47. The third kappa shape index (κ3) is 3.99. The molecule has 1 aromatic heterocycles. The number of nitrogens with one attached hydrogen (secondary N) is 1. The number of para-hydroxylation sites is 1. The van der Waals surface area contributed by atoms with Crippen molar-refractivity contribution in [2.75, 3.05) is 11.9 Å². The van der Waals surface area contributed by atoms with Crippen molar-refractivity contribution in [2.24, 2.45) is 0 Å². The Morgan fingerprint density at radius 3 is 2.95 bits per heavy atom. The Labute approximate surface area is 131 Å². The van der Waals surface area contributed by atoms with Crippen molar-refractivity contribution >= 4 is 33.2 Å². The van der Waals surface area contributed by atoms with E-state index >= 15 is 0 Å². The van der Waals surface area contributed by atoms with Crippen LogP contribution in [0.2, 0.25) is 5.15 Å². The molecule has 20 heavy (non-hydrogen) atoms. The number of aromatic nitrogens is 1. The van der Waals surface area contributed by atoms with Crippen LogP contribution in [0.5, 0.6) is 5.75 Å². The van der Waals surface area contributed by atoms with Crippen molar-refractivity contribution in [1.29, 1.82) is 0 Å². The SMILES string of the molecule is C=CCOc1ccccc1CNc1cnc(Cl)c(Br)c1. The number of halogens is 2. The van der Waals surface area contributed by atoms with Gasteiger partial charge >= 0.3 is 0 Å². The maximum Gasteiger partial charge on any atom is 0.143 e. The van der Waals surface area contributed by atoms with Gasteiger partial charge in [0.2, 0.25) is 0 Å². The van der Waals surface area contributed by atoms with Gasteiger partial charge in [-0.3, -0.25) is 0 Å². The van der Waals surface area contributed by atoms with Crippen LogP contribution in [-0.2, 0) is 6.54 Å². The number of pyridine rings is 1. The van der Waals surface area contributed by atoms with Gasteiger partial charge in [-0.25, -0.2) is 4.98 Å². The van der Waals surface area contributed by atoms with Gasteiger partial charge in [-0.05, 0) is 28.1 Å². The molecule has 3 nitrogen and oxygen atoms in total. The molecule has 0 aliphatic heterocycles. The molecule has 2 aromatic rings. The zero-order chi connectivity index (χ0) is 14.4. The molecule has 1 heterocycles. The molecule has 5 heteroatoms. The predicted molar refractivity (Wildman–Crippen MR) is 86.4 cm³/mol. The van der Waals surface area contributed by atoms with Gasteiger partial charge in [0.15, 0.2) is 0 Å². The van der Waals surface area contributed by atoms with Gasteiger partial charge in [0, 0.05) is 12.1 Å². The first-order valence-corrected chi connectivity index (χ1v) is 7.24. The van der Waals surface area contributed by atoms with Gasteiger partial charge in [0.05, 0.1) is 16.4 Å². The second-order valence-electron chi connectivity index (χ2n) is 4.06. The molecule has 0 bridgehead atoms. The van der Waals surface area contributed by atoms with Crippen LogP contribution in [0, 0.1) is 0 Å². The number of hydrogen-bond donors (Lipinski definition) is 1.